The lowest BCUT2D eigenvalue weighted by molar-refractivity contribution is -0.143. The van der Waals surface area contributed by atoms with Gasteiger partial charge in [-0.05, 0) is 26.7 Å². The Labute approximate surface area is 108 Å². The predicted octanol–water partition coefficient (Wildman–Crippen LogP) is 1.25. The predicted molar refractivity (Wildman–Crippen MR) is 68.0 cm³/mol. The number of amides is 2. The Balaban J connectivity index is 2.66. The van der Waals surface area contributed by atoms with Gasteiger partial charge in [-0.1, -0.05) is 5.92 Å². The highest BCUT2D eigenvalue weighted by Crippen LogP contribution is 2.23. The molecule has 0 aromatic heterocycles. The molecule has 2 unspecified atom stereocenters. The van der Waals surface area contributed by atoms with Gasteiger partial charge in [0.2, 0.25) is 0 Å². The largest absolute Gasteiger partial charge is 0.481 e. The van der Waals surface area contributed by atoms with Crippen molar-refractivity contribution in [1.29, 1.82) is 0 Å². The maximum Gasteiger partial charge on any atom is 0.321 e. The fourth-order valence-electron chi connectivity index (χ4n) is 2.29. The van der Waals surface area contributed by atoms with Crippen molar-refractivity contribution in [2.75, 3.05) is 19.6 Å². The molecule has 2 amide bonds. The van der Waals surface area contributed by atoms with Crippen molar-refractivity contribution in [1.82, 2.24) is 9.80 Å². The van der Waals surface area contributed by atoms with Crippen molar-refractivity contribution in [2.24, 2.45) is 5.92 Å². The number of likely N-dealkylation sites (tertiary alicyclic amines) is 1. The van der Waals surface area contributed by atoms with Crippen molar-refractivity contribution in [2.45, 2.75) is 32.7 Å². The quantitative estimate of drug-likeness (QED) is 0.769. The number of hydrogen-bond acceptors (Lipinski definition) is 2. The number of hydrogen-bond donors (Lipinski definition) is 1. The van der Waals surface area contributed by atoms with Gasteiger partial charge in [-0.15, -0.1) is 6.42 Å². The van der Waals surface area contributed by atoms with E-state index < -0.39 is 5.97 Å². The molecule has 1 fully saturated rings. The lowest BCUT2D eigenvalue weighted by atomic mass is 9.92. The van der Waals surface area contributed by atoms with Gasteiger partial charge in [0.15, 0.2) is 0 Å². The summed E-state index contributed by atoms with van der Waals surface area (Å²) in [7, 11) is 0. The molecule has 0 aromatic rings. The van der Waals surface area contributed by atoms with Gasteiger partial charge >= 0.3 is 12.0 Å². The van der Waals surface area contributed by atoms with Crippen molar-refractivity contribution < 1.29 is 14.7 Å². The minimum absolute atomic E-state index is 0.0563. The average Bonchev–Trinajstić information content (AvgIpc) is 2.34. The van der Waals surface area contributed by atoms with Crippen LogP contribution in [-0.2, 0) is 4.79 Å². The zero-order valence-corrected chi connectivity index (χ0v) is 10.9. The molecule has 0 saturated carbocycles. The molecule has 5 nitrogen and oxygen atoms in total. The monoisotopic (exact) mass is 252 g/mol. The first-order valence-corrected chi connectivity index (χ1v) is 6.23. The molecule has 1 aliphatic heterocycles. The molecular formula is C13H20N2O3. The van der Waals surface area contributed by atoms with E-state index in [1.165, 1.54) is 0 Å². The third-order valence-electron chi connectivity index (χ3n) is 3.41. The highest BCUT2D eigenvalue weighted by Gasteiger charge is 2.33. The molecule has 0 aliphatic carbocycles. The number of urea groups is 1. The zero-order chi connectivity index (χ0) is 13.7. The minimum atomic E-state index is -0.773. The van der Waals surface area contributed by atoms with Gasteiger partial charge in [0.1, 0.15) is 0 Å². The fraction of sp³-hybridized carbons (Fsp3) is 0.692. The highest BCUT2D eigenvalue weighted by atomic mass is 16.4. The number of piperidine rings is 1. The summed E-state index contributed by atoms with van der Waals surface area (Å²) in [6.45, 7) is 5.11. The molecule has 1 rings (SSSR count). The van der Waals surface area contributed by atoms with E-state index in [2.05, 4.69) is 5.92 Å². The van der Waals surface area contributed by atoms with Gasteiger partial charge in [0, 0.05) is 19.1 Å². The van der Waals surface area contributed by atoms with E-state index in [0.717, 1.165) is 0 Å². The van der Waals surface area contributed by atoms with E-state index in [1.807, 2.05) is 13.8 Å². The summed E-state index contributed by atoms with van der Waals surface area (Å²) in [6.07, 6.45) is 6.25. The molecule has 0 spiro atoms. The molecule has 0 radical (unpaired) electrons. The van der Waals surface area contributed by atoms with E-state index in [9.17, 15) is 9.59 Å². The first-order chi connectivity index (χ1) is 8.51. The molecule has 5 heteroatoms. The van der Waals surface area contributed by atoms with Crippen LogP contribution in [0.25, 0.3) is 0 Å². The number of nitrogens with zero attached hydrogens (tertiary/aromatic N) is 2. The molecular weight excluding hydrogens is 232 g/mol. The first-order valence-electron chi connectivity index (χ1n) is 6.23. The summed E-state index contributed by atoms with van der Waals surface area (Å²) in [6, 6.07) is -0.147. The summed E-state index contributed by atoms with van der Waals surface area (Å²) in [5.41, 5.74) is 0. The molecule has 100 valence electrons. The second kappa shape index (κ2) is 6.29. The van der Waals surface area contributed by atoms with Crippen molar-refractivity contribution in [3.05, 3.63) is 0 Å². The van der Waals surface area contributed by atoms with Crippen LogP contribution in [0.1, 0.15) is 26.7 Å². The van der Waals surface area contributed by atoms with E-state index in [0.29, 0.717) is 32.5 Å². The lowest BCUT2D eigenvalue weighted by Gasteiger charge is -2.38. The Bertz CT molecular complexity index is 362. The van der Waals surface area contributed by atoms with Crippen molar-refractivity contribution in [3.63, 3.8) is 0 Å². The van der Waals surface area contributed by atoms with Gasteiger partial charge in [-0.25, -0.2) is 4.79 Å². The number of terminal acetylenes is 1. The third-order valence-corrected chi connectivity index (χ3v) is 3.41. The number of carboxylic acid groups (broad SMARTS) is 1. The molecule has 1 aliphatic rings. The van der Waals surface area contributed by atoms with E-state index >= 15 is 0 Å². The number of aliphatic carboxylic acids is 1. The van der Waals surface area contributed by atoms with Crippen molar-refractivity contribution >= 4 is 12.0 Å². The Kier molecular flexibility index (Phi) is 5.02. The lowest BCUT2D eigenvalue weighted by Crippen LogP contribution is -2.51. The molecule has 18 heavy (non-hydrogen) atoms. The average molecular weight is 252 g/mol. The standard InChI is InChI=1S/C13H20N2O3/c1-4-7-14(5-2)13(18)15-8-6-11(12(16)17)9-10(15)3/h1,10-11H,5-9H2,2-3H3,(H,16,17). The second-order valence-corrected chi connectivity index (χ2v) is 4.60. The maximum atomic E-state index is 12.2. The zero-order valence-electron chi connectivity index (χ0n) is 10.9. The first kappa shape index (κ1) is 14.4. The summed E-state index contributed by atoms with van der Waals surface area (Å²) in [5, 5.41) is 8.98. The highest BCUT2D eigenvalue weighted by molar-refractivity contribution is 5.76. The molecule has 2 atom stereocenters. The molecule has 0 bridgehead atoms. The van der Waals surface area contributed by atoms with Crippen LogP contribution in [0.4, 0.5) is 4.79 Å². The maximum absolute atomic E-state index is 12.2. The van der Waals surface area contributed by atoms with Crippen LogP contribution in [0.5, 0.6) is 0 Å². The van der Waals surface area contributed by atoms with Gasteiger partial charge < -0.3 is 14.9 Å². The van der Waals surface area contributed by atoms with Crippen molar-refractivity contribution in [3.8, 4) is 12.3 Å². The SMILES string of the molecule is C#CCN(CC)C(=O)N1CCC(C(=O)O)CC1C. The number of rotatable bonds is 3. The number of carbonyl (C=O) groups excluding carboxylic acids is 1. The van der Waals surface area contributed by atoms with Crippen LogP contribution in [0.15, 0.2) is 0 Å². The summed E-state index contributed by atoms with van der Waals surface area (Å²) in [4.78, 5) is 26.5. The van der Waals surface area contributed by atoms with Gasteiger partial charge in [0.25, 0.3) is 0 Å². The van der Waals surface area contributed by atoms with Gasteiger partial charge in [0.05, 0.1) is 12.5 Å². The summed E-state index contributed by atoms with van der Waals surface area (Å²) in [5.74, 6) is 1.35. The smallest absolute Gasteiger partial charge is 0.321 e. The Hall–Kier alpha value is -1.70. The number of carbonyl (C=O) groups is 2. The van der Waals surface area contributed by atoms with Crippen LogP contribution in [0.2, 0.25) is 0 Å². The van der Waals surface area contributed by atoms with Crippen LogP contribution in [-0.4, -0.2) is 52.6 Å². The normalized spacial score (nSPS) is 23.3. The summed E-state index contributed by atoms with van der Waals surface area (Å²) >= 11 is 0. The fourth-order valence-corrected chi connectivity index (χ4v) is 2.29. The Morgan fingerprint density at radius 3 is 2.67 bits per heavy atom. The second-order valence-electron chi connectivity index (χ2n) is 4.60. The third kappa shape index (κ3) is 3.16. The minimum Gasteiger partial charge on any atom is -0.481 e. The van der Waals surface area contributed by atoms with Crippen LogP contribution < -0.4 is 0 Å². The Morgan fingerprint density at radius 1 is 1.56 bits per heavy atom. The topological polar surface area (TPSA) is 60.9 Å². The molecule has 1 heterocycles. The molecule has 1 N–H and O–H groups in total. The van der Waals surface area contributed by atoms with Crippen LogP contribution >= 0.6 is 0 Å². The van der Waals surface area contributed by atoms with Gasteiger partial charge in [-0.2, -0.15) is 0 Å². The van der Waals surface area contributed by atoms with E-state index in [4.69, 9.17) is 11.5 Å². The number of carboxylic acids is 1. The Morgan fingerprint density at radius 2 is 2.22 bits per heavy atom. The molecule has 0 aromatic carbocycles. The summed E-state index contributed by atoms with van der Waals surface area (Å²) < 4.78 is 0. The van der Waals surface area contributed by atoms with E-state index in [1.54, 1.807) is 9.80 Å². The molecule has 1 saturated heterocycles. The van der Waals surface area contributed by atoms with E-state index in [-0.39, 0.29) is 18.0 Å². The van der Waals surface area contributed by atoms with Gasteiger partial charge in [-0.3, -0.25) is 4.79 Å². The van der Waals surface area contributed by atoms with Crippen LogP contribution in [0, 0.1) is 18.3 Å². The van der Waals surface area contributed by atoms with Crippen LogP contribution in [0.3, 0.4) is 0 Å².